The Labute approximate surface area is 117 Å². The van der Waals surface area contributed by atoms with Gasteiger partial charge in [-0.05, 0) is 30.3 Å². The third-order valence-corrected chi connectivity index (χ3v) is 2.94. The standard InChI is InChI=1S/C13H9ClF4N2/c1-19-12-5-7(13(16,17)18)4-11(20-12)9-6-8(15)2-3-10(9)14/h2-6H,1H3,(H,19,20). The average molecular weight is 305 g/mol. The van der Waals surface area contributed by atoms with E-state index in [9.17, 15) is 17.6 Å². The van der Waals surface area contributed by atoms with Crippen LogP contribution in [-0.2, 0) is 6.18 Å². The highest BCUT2D eigenvalue weighted by atomic mass is 35.5. The quantitative estimate of drug-likeness (QED) is 0.820. The Morgan fingerprint density at radius 2 is 1.85 bits per heavy atom. The number of nitrogens with one attached hydrogen (secondary N) is 1. The maximum Gasteiger partial charge on any atom is 0.416 e. The molecule has 0 aliphatic carbocycles. The van der Waals surface area contributed by atoms with Gasteiger partial charge in [0.25, 0.3) is 0 Å². The van der Waals surface area contributed by atoms with Crippen LogP contribution in [0.4, 0.5) is 23.4 Å². The Morgan fingerprint density at radius 1 is 1.15 bits per heavy atom. The Hall–Kier alpha value is -1.82. The first-order valence-electron chi connectivity index (χ1n) is 5.53. The molecule has 0 aliphatic heterocycles. The number of hydrogen-bond donors (Lipinski definition) is 1. The SMILES string of the molecule is CNc1cc(C(F)(F)F)cc(-c2cc(F)ccc2Cl)n1. The molecule has 0 aliphatic rings. The second-order valence-electron chi connectivity index (χ2n) is 4.00. The van der Waals surface area contributed by atoms with E-state index in [2.05, 4.69) is 10.3 Å². The molecule has 0 fully saturated rings. The topological polar surface area (TPSA) is 24.9 Å². The molecule has 1 aromatic carbocycles. The smallest absolute Gasteiger partial charge is 0.373 e. The van der Waals surface area contributed by atoms with Crippen LogP contribution in [0.2, 0.25) is 5.02 Å². The number of nitrogens with zero attached hydrogens (tertiary/aromatic N) is 1. The van der Waals surface area contributed by atoms with Gasteiger partial charge in [-0.1, -0.05) is 11.6 Å². The van der Waals surface area contributed by atoms with Gasteiger partial charge in [0, 0.05) is 12.6 Å². The van der Waals surface area contributed by atoms with Crippen molar-refractivity contribution >= 4 is 17.4 Å². The van der Waals surface area contributed by atoms with Gasteiger partial charge in [-0.15, -0.1) is 0 Å². The Balaban J connectivity index is 2.64. The molecule has 106 valence electrons. The van der Waals surface area contributed by atoms with E-state index < -0.39 is 17.6 Å². The average Bonchev–Trinajstić information content (AvgIpc) is 2.40. The van der Waals surface area contributed by atoms with Crippen molar-refractivity contribution in [3.63, 3.8) is 0 Å². The van der Waals surface area contributed by atoms with E-state index in [1.807, 2.05) is 0 Å². The lowest BCUT2D eigenvalue weighted by Gasteiger charge is -2.12. The summed E-state index contributed by atoms with van der Waals surface area (Å²) in [4.78, 5) is 3.98. The van der Waals surface area contributed by atoms with Gasteiger partial charge in [-0.2, -0.15) is 13.2 Å². The van der Waals surface area contributed by atoms with Crippen LogP contribution in [0.15, 0.2) is 30.3 Å². The predicted octanol–water partition coefficient (Wildman–Crippen LogP) is 4.60. The van der Waals surface area contributed by atoms with E-state index in [-0.39, 0.29) is 22.1 Å². The minimum absolute atomic E-state index is 0.0233. The van der Waals surface area contributed by atoms with Crippen LogP contribution in [0.5, 0.6) is 0 Å². The molecule has 0 saturated heterocycles. The summed E-state index contributed by atoms with van der Waals surface area (Å²) in [6, 6.07) is 5.15. The molecule has 20 heavy (non-hydrogen) atoms. The molecule has 2 rings (SSSR count). The fourth-order valence-corrected chi connectivity index (χ4v) is 1.87. The minimum Gasteiger partial charge on any atom is -0.373 e. The van der Waals surface area contributed by atoms with Crippen molar-refractivity contribution in [2.24, 2.45) is 0 Å². The summed E-state index contributed by atoms with van der Waals surface area (Å²) in [6.45, 7) is 0. The number of hydrogen-bond acceptors (Lipinski definition) is 2. The fourth-order valence-electron chi connectivity index (χ4n) is 1.65. The number of halogens is 5. The Bertz CT molecular complexity index is 641. The second-order valence-corrected chi connectivity index (χ2v) is 4.41. The summed E-state index contributed by atoms with van der Waals surface area (Å²) >= 11 is 5.88. The van der Waals surface area contributed by atoms with Crippen molar-refractivity contribution in [2.45, 2.75) is 6.18 Å². The number of pyridine rings is 1. The highest BCUT2D eigenvalue weighted by Gasteiger charge is 2.31. The Kier molecular flexibility index (Phi) is 3.85. The lowest BCUT2D eigenvalue weighted by atomic mass is 10.1. The van der Waals surface area contributed by atoms with Gasteiger partial charge in [0.1, 0.15) is 11.6 Å². The van der Waals surface area contributed by atoms with Gasteiger partial charge in [-0.25, -0.2) is 9.37 Å². The van der Waals surface area contributed by atoms with Crippen LogP contribution < -0.4 is 5.32 Å². The lowest BCUT2D eigenvalue weighted by molar-refractivity contribution is -0.137. The third-order valence-electron chi connectivity index (χ3n) is 2.61. The molecule has 0 saturated carbocycles. The molecule has 7 heteroatoms. The Morgan fingerprint density at radius 3 is 2.45 bits per heavy atom. The molecule has 1 aromatic heterocycles. The van der Waals surface area contributed by atoms with Crippen molar-refractivity contribution < 1.29 is 17.6 Å². The van der Waals surface area contributed by atoms with Gasteiger partial charge >= 0.3 is 6.18 Å². The lowest BCUT2D eigenvalue weighted by Crippen LogP contribution is -2.07. The van der Waals surface area contributed by atoms with Crippen LogP contribution in [0.3, 0.4) is 0 Å². The molecule has 0 amide bonds. The maximum atomic E-state index is 13.2. The molecule has 0 spiro atoms. The third kappa shape index (κ3) is 3.01. The first-order chi connectivity index (χ1) is 9.31. The summed E-state index contributed by atoms with van der Waals surface area (Å²) < 4.78 is 51.7. The first-order valence-corrected chi connectivity index (χ1v) is 5.91. The molecule has 0 atom stereocenters. The highest BCUT2D eigenvalue weighted by Crippen LogP contribution is 2.35. The van der Waals surface area contributed by atoms with Crippen LogP contribution in [0.25, 0.3) is 11.3 Å². The molecule has 0 unspecified atom stereocenters. The van der Waals surface area contributed by atoms with E-state index >= 15 is 0 Å². The number of benzene rings is 1. The van der Waals surface area contributed by atoms with Crippen molar-refractivity contribution in [2.75, 3.05) is 12.4 Å². The largest absolute Gasteiger partial charge is 0.416 e. The molecular weight excluding hydrogens is 296 g/mol. The van der Waals surface area contributed by atoms with Crippen LogP contribution in [-0.4, -0.2) is 12.0 Å². The zero-order chi connectivity index (χ0) is 14.9. The number of alkyl halides is 3. The molecule has 0 bridgehead atoms. The van der Waals surface area contributed by atoms with E-state index in [4.69, 9.17) is 11.6 Å². The molecule has 1 heterocycles. The molecule has 1 N–H and O–H groups in total. The second kappa shape index (κ2) is 5.28. The van der Waals surface area contributed by atoms with E-state index in [0.29, 0.717) is 0 Å². The van der Waals surface area contributed by atoms with E-state index in [1.165, 1.54) is 13.1 Å². The minimum atomic E-state index is -4.52. The van der Waals surface area contributed by atoms with Gasteiger partial charge in [0.05, 0.1) is 16.3 Å². The first kappa shape index (κ1) is 14.6. The van der Waals surface area contributed by atoms with Crippen LogP contribution in [0, 0.1) is 5.82 Å². The van der Waals surface area contributed by atoms with Crippen molar-refractivity contribution in [1.82, 2.24) is 4.98 Å². The molecule has 0 radical (unpaired) electrons. The van der Waals surface area contributed by atoms with Gasteiger partial charge in [-0.3, -0.25) is 0 Å². The highest BCUT2D eigenvalue weighted by molar-refractivity contribution is 6.33. The van der Waals surface area contributed by atoms with Gasteiger partial charge < -0.3 is 5.32 Å². The molecule has 2 aromatic rings. The van der Waals surface area contributed by atoms with E-state index in [0.717, 1.165) is 24.3 Å². The molecule has 2 nitrogen and oxygen atoms in total. The fraction of sp³-hybridized carbons (Fsp3) is 0.154. The zero-order valence-electron chi connectivity index (χ0n) is 10.2. The summed E-state index contributed by atoms with van der Waals surface area (Å²) in [5.74, 6) is -0.579. The zero-order valence-corrected chi connectivity index (χ0v) is 11.0. The summed E-state index contributed by atoms with van der Waals surface area (Å²) in [7, 11) is 1.44. The number of anilines is 1. The summed E-state index contributed by atoms with van der Waals surface area (Å²) in [5.41, 5.74) is -0.824. The van der Waals surface area contributed by atoms with Crippen LogP contribution in [0.1, 0.15) is 5.56 Å². The van der Waals surface area contributed by atoms with Gasteiger partial charge in [0.2, 0.25) is 0 Å². The maximum absolute atomic E-state index is 13.2. The van der Waals surface area contributed by atoms with Crippen molar-refractivity contribution in [3.05, 3.63) is 46.7 Å². The summed E-state index contributed by atoms with van der Waals surface area (Å²) in [6.07, 6.45) is -4.52. The number of rotatable bonds is 2. The predicted molar refractivity (Wildman–Crippen MR) is 69.2 cm³/mol. The van der Waals surface area contributed by atoms with Crippen molar-refractivity contribution in [1.29, 1.82) is 0 Å². The van der Waals surface area contributed by atoms with E-state index in [1.54, 1.807) is 0 Å². The van der Waals surface area contributed by atoms with Gasteiger partial charge in [0.15, 0.2) is 0 Å². The number of aromatic nitrogens is 1. The molecular formula is C13H9ClF4N2. The monoisotopic (exact) mass is 304 g/mol. The summed E-state index contributed by atoms with van der Waals surface area (Å²) in [5, 5.41) is 2.66. The normalized spacial score (nSPS) is 11.5. The van der Waals surface area contributed by atoms with Crippen LogP contribution >= 0.6 is 11.6 Å². The van der Waals surface area contributed by atoms with Crippen molar-refractivity contribution in [3.8, 4) is 11.3 Å².